The molecule has 2 aromatic heterocycles. The molecule has 0 fully saturated rings. The lowest BCUT2D eigenvalue weighted by Crippen LogP contribution is -2.30. The highest BCUT2D eigenvalue weighted by Gasteiger charge is 2.44. The Bertz CT molecular complexity index is 1130. The summed E-state index contributed by atoms with van der Waals surface area (Å²) in [7, 11) is 0. The van der Waals surface area contributed by atoms with E-state index in [2.05, 4.69) is 25.8 Å². The summed E-state index contributed by atoms with van der Waals surface area (Å²) in [5.41, 5.74) is 2.87. The molecule has 1 aromatic carbocycles. The number of pyridine rings is 1. The lowest BCUT2D eigenvalue weighted by Gasteiger charge is -2.27. The van der Waals surface area contributed by atoms with Crippen molar-refractivity contribution >= 4 is 23.0 Å². The molecule has 158 valence electrons. The lowest BCUT2D eigenvalue weighted by atomic mass is 9.85. The van der Waals surface area contributed by atoms with Gasteiger partial charge in [0.05, 0.1) is 16.5 Å². The number of rotatable bonds is 5. The lowest BCUT2D eigenvalue weighted by molar-refractivity contribution is -0.130. The topological polar surface area (TPSA) is 70.5 Å². The van der Waals surface area contributed by atoms with Crippen molar-refractivity contribution in [3.63, 3.8) is 0 Å². The Morgan fingerprint density at radius 2 is 1.87 bits per heavy atom. The van der Waals surface area contributed by atoms with Crippen LogP contribution in [0.2, 0.25) is 0 Å². The number of hydrogen-bond donors (Lipinski definition) is 1. The maximum absolute atomic E-state index is 13.3. The van der Waals surface area contributed by atoms with Crippen LogP contribution in [-0.4, -0.2) is 26.7 Å². The second-order valence-electron chi connectivity index (χ2n) is 8.64. The van der Waals surface area contributed by atoms with Crippen LogP contribution < -0.4 is 0 Å². The van der Waals surface area contributed by atoms with Gasteiger partial charge in [0.25, 0.3) is 5.91 Å². The number of ketones is 1. The molecule has 0 aliphatic carbocycles. The van der Waals surface area contributed by atoms with Gasteiger partial charge in [-0.15, -0.1) is 11.3 Å². The molecule has 0 radical (unpaired) electrons. The fraction of sp³-hybridized carbons (Fsp3) is 0.240. The SMILES string of the molecule is CC(C)(C)c1ccc(C2C(C(=O)c3cccs3)=C(O)C(=O)N2Cc2cccnc2)cc1. The standard InChI is InChI=1S/C25H24N2O3S/c1-25(2,3)18-10-8-17(9-11-18)21-20(22(28)19-7-5-13-31-19)23(29)24(30)27(21)15-16-6-4-12-26-14-16/h4-14,21,29H,15H2,1-3H3. The van der Waals surface area contributed by atoms with E-state index in [4.69, 9.17) is 0 Å². The van der Waals surface area contributed by atoms with Gasteiger partial charge >= 0.3 is 0 Å². The van der Waals surface area contributed by atoms with Gasteiger partial charge in [-0.1, -0.05) is 57.2 Å². The van der Waals surface area contributed by atoms with E-state index in [1.165, 1.54) is 11.3 Å². The summed E-state index contributed by atoms with van der Waals surface area (Å²) in [4.78, 5) is 32.5. The van der Waals surface area contributed by atoms with E-state index in [0.29, 0.717) is 4.88 Å². The molecule has 1 atom stereocenters. The number of benzene rings is 1. The molecule has 6 heteroatoms. The summed E-state index contributed by atoms with van der Waals surface area (Å²) >= 11 is 1.29. The third-order valence-corrected chi connectivity index (χ3v) is 6.33. The van der Waals surface area contributed by atoms with Gasteiger partial charge in [0.1, 0.15) is 0 Å². The first-order chi connectivity index (χ1) is 14.8. The molecule has 0 spiro atoms. The first-order valence-electron chi connectivity index (χ1n) is 10.1. The fourth-order valence-electron chi connectivity index (χ4n) is 3.79. The smallest absolute Gasteiger partial charge is 0.290 e. The second kappa shape index (κ2) is 8.12. The van der Waals surface area contributed by atoms with Crippen molar-refractivity contribution < 1.29 is 14.7 Å². The zero-order valence-electron chi connectivity index (χ0n) is 17.7. The highest BCUT2D eigenvalue weighted by molar-refractivity contribution is 7.12. The van der Waals surface area contributed by atoms with Crippen LogP contribution in [0.5, 0.6) is 0 Å². The predicted octanol–water partition coefficient (Wildman–Crippen LogP) is 5.22. The molecule has 1 amide bonds. The van der Waals surface area contributed by atoms with Gasteiger partial charge in [0, 0.05) is 18.9 Å². The Balaban J connectivity index is 1.79. The van der Waals surface area contributed by atoms with E-state index in [-0.39, 0.29) is 23.3 Å². The molecule has 1 N–H and O–H groups in total. The number of nitrogens with zero attached hydrogens (tertiary/aromatic N) is 2. The van der Waals surface area contributed by atoms with Gasteiger partial charge in [-0.3, -0.25) is 14.6 Å². The van der Waals surface area contributed by atoms with E-state index >= 15 is 0 Å². The first-order valence-corrected chi connectivity index (χ1v) is 11.0. The Morgan fingerprint density at radius 3 is 2.45 bits per heavy atom. The van der Waals surface area contributed by atoms with Crippen molar-refractivity contribution in [2.75, 3.05) is 0 Å². The van der Waals surface area contributed by atoms with Crippen molar-refractivity contribution in [1.82, 2.24) is 9.88 Å². The van der Waals surface area contributed by atoms with Crippen molar-refractivity contribution in [3.8, 4) is 0 Å². The van der Waals surface area contributed by atoms with Gasteiger partial charge in [-0.2, -0.15) is 0 Å². The molecule has 0 saturated carbocycles. The zero-order valence-corrected chi connectivity index (χ0v) is 18.5. The first kappa shape index (κ1) is 21.0. The van der Waals surface area contributed by atoms with Crippen LogP contribution in [0.25, 0.3) is 0 Å². The highest BCUT2D eigenvalue weighted by atomic mass is 32.1. The van der Waals surface area contributed by atoms with Crippen LogP contribution in [0.4, 0.5) is 0 Å². The minimum absolute atomic E-state index is 0.0208. The Morgan fingerprint density at radius 1 is 1.13 bits per heavy atom. The van der Waals surface area contributed by atoms with E-state index in [9.17, 15) is 14.7 Å². The normalized spacial score (nSPS) is 16.8. The summed E-state index contributed by atoms with van der Waals surface area (Å²) in [5, 5.41) is 12.6. The summed E-state index contributed by atoms with van der Waals surface area (Å²) < 4.78 is 0. The van der Waals surface area contributed by atoms with E-state index in [1.807, 2.05) is 35.7 Å². The number of Topliss-reactive ketones (excluding diaryl/α,β-unsaturated/α-hetero) is 1. The number of hydrogen-bond acceptors (Lipinski definition) is 5. The minimum atomic E-state index is -0.670. The Labute approximate surface area is 185 Å². The number of aliphatic hydroxyl groups is 1. The Hall–Kier alpha value is -3.25. The van der Waals surface area contributed by atoms with Gasteiger partial charge < -0.3 is 10.0 Å². The van der Waals surface area contributed by atoms with Crippen LogP contribution in [0.3, 0.4) is 0 Å². The summed E-state index contributed by atoms with van der Waals surface area (Å²) in [6.07, 6.45) is 3.35. The fourth-order valence-corrected chi connectivity index (χ4v) is 4.47. The molecule has 3 heterocycles. The molecule has 31 heavy (non-hydrogen) atoms. The summed E-state index contributed by atoms with van der Waals surface area (Å²) in [6, 6.07) is 14.4. The molecule has 1 unspecified atom stereocenters. The van der Waals surface area contributed by atoms with Gasteiger partial charge in [0.15, 0.2) is 5.76 Å². The van der Waals surface area contributed by atoms with Crippen molar-refractivity contribution in [3.05, 3.63) is 99.2 Å². The number of carbonyl (C=O) groups excluding carboxylic acids is 2. The molecule has 0 bridgehead atoms. The number of amides is 1. The molecule has 1 aliphatic heterocycles. The number of carbonyl (C=O) groups is 2. The molecule has 4 rings (SSSR count). The molecule has 1 aliphatic rings. The molecular weight excluding hydrogens is 408 g/mol. The van der Waals surface area contributed by atoms with Crippen LogP contribution in [0.15, 0.2) is 77.6 Å². The number of aliphatic hydroxyl groups excluding tert-OH is 1. The molecular formula is C25H24N2O3S. The number of thiophene rings is 1. The van der Waals surface area contributed by atoms with Crippen molar-refractivity contribution in [2.24, 2.45) is 0 Å². The average molecular weight is 433 g/mol. The van der Waals surface area contributed by atoms with E-state index in [0.717, 1.165) is 16.7 Å². The van der Waals surface area contributed by atoms with Crippen LogP contribution >= 0.6 is 11.3 Å². The molecule has 5 nitrogen and oxygen atoms in total. The monoisotopic (exact) mass is 432 g/mol. The average Bonchev–Trinajstić information content (AvgIpc) is 3.37. The largest absolute Gasteiger partial charge is 0.503 e. The van der Waals surface area contributed by atoms with Crippen LogP contribution in [0.1, 0.15) is 53.2 Å². The quantitative estimate of drug-likeness (QED) is 0.561. The van der Waals surface area contributed by atoms with E-state index in [1.54, 1.807) is 35.5 Å². The van der Waals surface area contributed by atoms with Gasteiger partial charge in [-0.05, 0) is 39.6 Å². The summed E-state index contributed by atoms with van der Waals surface area (Å²) in [5.74, 6) is -1.35. The third kappa shape index (κ3) is 4.03. The minimum Gasteiger partial charge on any atom is -0.503 e. The Kier molecular flexibility index (Phi) is 5.50. The zero-order chi connectivity index (χ0) is 22.2. The number of aromatic nitrogens is 1. The highest BCUT2D eigenvalue weighted by Crippen LogP contribution is 2.40. The van der Waals surface area contributed by atoms with Gasteiger partial charge in [0.2, 0.25) is 5.78 Å². The van der Waals surface area contributed by atoms with E-state index < -0.39 is 17.7 Å². The van der Waals surface area contributed by atoms with Crippen LogP contribution in [-0.2, 0) is 16.8 Å². The molecule has 3 aromatic rings. The third-order valence-electron chi connectivity index (χ3n) is 5.46. The maximum Gasteiger partial charge on any atom is 0.290 e. The molecule has 0 saturated heterocycles. The van der Waals surface area contributed by atoms with Crippen molar-refractivity contribution in [1.29, 1.82) is 0 Å². The summed E-state index contributed by atoms with van der Waals surface area (Å²) in [6.45, 7) is 6.64. The predicted molar refractivity (Wildman–Crippen MR) is 121 cm³/mol. The van der Waals surface area contributed by atoms with Crippen molar-refractivity contribution in [2.45, 2.75) is 38.8 Å². The second-order valence-corrected chi connectivity index (χ2v) is 9.59. The van der Waals surface area contributed by atoms with Crippen LogP contribution in [0, 0.1) is 0 Å². The maximum atomic E-state index is 13.3. The van der Waals surface area contributed by atoms with Gasteiger partial charge in [-0.25, -0.2) is 0 Å².